The van der Waals surface area contributed by atoms with Crippen molar-refractivity contribution in [2.75, 3.05) is 55.3 Å². The molecule has 8 rings (SSSR count). The number of ether oxygens (including phenoxy) is 2. The highest BCUT2D eigenvalue weighted by Gasteiger charge is 2.22. The highest BCUT2D eigenvalue weighted by Crippen LogP contribution is 2.35. The average Bonchev–Trinajstić information content (AvgIpc) is 3.84. The number of hydrogen-bond acceptors (Lipinski definition) is 10. The summed E-state index contributed by atoms with van der Waals surface area (Å²) in [5.74, 6) is 1.48. The van der Waals surface area contributed by atoms with Gasteiger partial charge in [0.05, 0.1) is 35.8 Å². The Morgan fingerprint density at radius 2 is 1.69 bits per heavy atom. The van der Waals surface area contributed by atoms with Gasteiger partial charge in [-0.25, -0.2) is 14.5 Å². The van der Waals surface area contributed by atoms with Gasteiger partial charge in [0.15, 0.2) is 0 Å². The minimum atomic E-state index is -0.413. The molecule has 4 aromatic carbocycles. The second kappa shape index (κ2) is 16.3. The molecule has 0 spiro atoms. The van der Waals surface area contributed by atoms with E-state index >= 15 is 0 Å². The van der Waals surface area contributed by atoms with Gasteiger partial charge in [-0.15, -0.1) is 0 Å². The van der Waals surface area contributed by atoms with Crippen molar-refractivity contribution in [1.29, 1.82) is 0 Å². The maximum Gasteiger partial charge on any atom is 0.324 e. The minimum Gasteiger partial charge on any atom is -0.438 e. The van der Waals surface area contributed by atoms with Crippen molar-refractivity contribution in [1.82, 2.24) is 40.2 Å². The third kappa shape index (κ3) is 8.60. The summed E-state index contributed by atoms with van der Waals surface area (Å²) in [5.41, 5.74) is 4.91. The van der Waals surface area contributed by atoms with Crippen molar-refractivity contribution < 1.29 is 19.1 Å². The van der Waals surface area contributed by atoms with E-state index in [0.29, 0.717) is 71.1 Å². The average molecular weight is 780 g/mol. The third-order valence-corrected chi connectivity index (χ3v) is 9.83. The fourth-order valence-corrected chi connectivity index (χ4v) is 6.66. The smallest absolute Gasteiger partial charge is 0.324 e. The number of aromatic nitrogens is 6. The summed E-state index contributed by atoms with van der Waals surface area (Å²) in [7, 11) is 0. The van der Waals surface area contributed by atoms with E-state index < -0.39 is 6.03 Å². The lowest BCUT2D eigenvalue weighted by Crippen LogP contribution is -2.41. The molecule has 15 heteroatoms. The number of aryl methyl sites for hydroxylation is 1. The molecule has 0 unspecified atom stereocenters. The number of hydrogen-bond donors (Lipinski definition) is 5. The molecule has 58 heavy (non-hydrogen) atoms. The van der Waals surface area contributed by atoms with Crippen molar-refractivity contribution >= 4 is 56.8 Å². The van der Waals surface area contributed by atoms with Crippen LogP contribution < -0.4 is 26.0 Å². The lowest BCUT2D eigenvalue weighted by Gasteiger charge is -2.26. The van der Waals surface area contributed by atoms with Crippen LogP contribution >= 0.6 is 0 Å². The third-order valence-electron chi connectivity index (χ3n) is 9.83. The van der Waals surface area contributed by atoms with Crippen LogP contribution in [0, 0.1) is 6.92 Å². The Hall–Kier alpha value is -6.84. The summed E-state index contributed by atoms with van der Waals surface area (Å²) >= 11 is 0. The van der Waals surface area contributed by atoms with Crippen molar-refractivity contribution in [2.24, 2.45) is 0 Å². The van der Waals surface area contributed by atoms with E-state index in [-0.39, 0.29) is 11.3 Å². The van der Waals surface area contributed by atoms with Crippen LogP contribution in [0.1, 0.15) is 42.5 Å². The largest absolute Gasteiger partial charge is 0.438 e. The lowest BCUT2D eigenvalue weighted by molar-refractivity contribution is 0.0383. The van der Waals surface area contributed by atoms with Crippen LogP contribution in [-0.2, 0) is 10.2 Å². The predicted molar refractivity (Wildman–Crippen MR) is 225 cm³/mol. The quantitative estimate of drug-likeness (QED) is 0.0882. The number of morpholine rings is 1. The highest BCUT2D eigenvalue weighted by atomic mass is 16.5. The number of H-pyrrole nitrogens is 1. The second-order valence-electron chi connectivity index (χ2n) is 15.1. The van der Waals surface area contributed by atoms with Crippen molar-refractivity contribution in [3.05, 3.63) is 114 Å². The number of amides is 3. The molecule has 5 N–H and O–H groups in total. The van der Waals surface area contributed by atoms with Crippen LogP contribution in [0.15, 0.2) is 97.2 Å². The topological polar surface area (TPSA) is 176 Å². The first-order chi connectivity index (χ1) is 28.1. The summed E-state index contributed by atoms with van der Waals surface area (Å²) in [5, 5.41) is 26.5. The Morgan fingerprint density at radius 1 is 0.897 bits per heavy atom. The molecule has 1 saturated heterocycles. The van der Waals surface area contributed by atoms with Gasteiger partial charge in [0.1, 0.15) is 17.3 Å². The molecule has 0 atom stereocenters. The van der Waals surface area contributed by atoms with Crippen LogP contribution in [0.5, 0.6) is 11.6 Å². The number of rotatable bonds is 11. The summed E-state index contributed by atoms with van der Waals surface area (Å²) in [6, 6.07) is 27.9. The molecule has 0 radical (unpaired) electrons. The summed E-state index contributed by atoms with van der Waals surface area (Å²) in [6.07, 6.45) is 1.60. The number of nitrogens with zero attached hydrogens (tertiary/aromatic N) is 6. The number of nitrogens with one attached hydrogen (secondary N) is 5. The molecule has 1 aliphatic heterocycles. The van der Waals surface area contributed by atoms with Gasteiger partial charge in [-0.05, 0) is 49.4 Å². The number of aromatic amines is 1. The van der Waals surface area contributed by atoms with Crippen molar-refractivity contribution in [3.8, 4) is 17.3 Å². The first kappa shape index (κ1) is 38.1. The van der Waals surface area contributed by atoms with E-state index in [1.165, 1.54) is 0 Å². The zero-order valence-corrected chi connectivity index (χ0v) is 32.8. The molecule has 3 aromatic heterocycles. The molecule has 0 aliphatic carbocycles. The number of fused-ring (bicyclic) bond motifs is 2. The van der Waals surface area contributed by atoms with Gasteiger partial charge in [0.25, 0.3) is 5.91 Å². The molecular weight excluding hydrogens is 735 g/mol. The molecule has 0 saturated carbocycles. The molecule has 4 heterocycles. The Morgan fingerprint density at radius 3 is 2.48 bits per heavy atom. The second-order valence-corrected chi connectivity index (χ2v) is 15.1. The lowest BCUT2D eigenvalue weighted by atomic mass is 9.92. The van der Waals surface area contributed by atoms with E-state index in [9.17, 15) is 9.59 Å². The minimum absolute atomic E-state index is 0.225. The van der Waals surface area contributed by atoms with E-state index in [2.05, 4.69) is 67.1 Å². The van der Waals surface area contributed by atoms with Crippen LogP contribution in [-0.4, -0.2) is 86.2 Å². The number of urea groups is 1. The van der Waals surface area contributed by atoms with Gasteiger partial charge in [-0.1, -0.05) is 62.7 Å². The Bertz CT molecular complexity index is 2590. The highest BCUT2D eigenvalue weighted by molar-refractivity contribution is 6.08. The normalized spacial score (nSPS) is 13.4. The van der Waals surface area contributed by atoms with Gasteiger partial charge in [-0.3, -0.25) is 20.1 Å². The van der Waals surface area contributed by atoms with Gasteiger partial charge in [0, 0.05) is 71.8 Å². The SMILES string of the molecule is Cc1ccc(-n2nc(C(C)(C)C)cc2NC(=O)Nc2ccc(Oc3ccnc(Nc4ccc5n[nH]c(C(=O)NCCN6CCOCC6)c5c4)n3)c3ccccc23)cc1. The fourth-order valence-electron chi connectivity index (χ4n) is 6.66. The van der Waals surface area contributed by atoms with E-state index in [1.807, 2.05) is 79.7 Å². The first-order valence-corrected chi connectivity index (χ1v) is 19.2. The number of benzene rings is 4. The van der Waals surface area contributed by atoms with Crippen molar-refractivity contribution in [2.45, 2.75) is 33.1 Å². The van der Waals surface area contributed by atoms with Crippen LogP contribution in [0.3, 0.4) is 0 Å². The molecule has 0 bridgehead atoms. The summed E-state index contributed by atoms with van der Waals surface area (Å²) < 4.78 is 13.5. The van der Waals surface area contributed by atoms with E-state index in [4.69, 9.17) is 14.6 Å². The van der Waals surface area contributed by atoms with Crippen molar-refractivity contribution in [3.63, 3.8) is 0 Å². The monoisotopic (exact) mass is 779 g/mol. The molecule has 296 valence electrons. The molecular formula is C43H45N11O4. The van der Waals surface area contributed by atoms with Crippen LogP contribution in [0.2, 0.25) is 0 Å². The maximum absolute atomic E-state index is 13.5. The maximum atomic E-state index is 13.5. The fraction of sp³-hybridized carbons (Fsp3) is 0.256. The van der Waals surface area contributed by atoms with Gasteiger partial charge in [0.2, 0.25) is 11.8 Å². The Kier molecular flexibility index (Phi) is 10.7. The van der Waals surface area contributed by atoms with E-state index in [0.717, 1.165) is 47.4 Å². The molecule has 1 aliphatic rings. The molecule has 15 nitrogen and oxygen atoms in total. The number of carbonyl (C=O) groups excluding carboxylic acids is 2. The predicted octanol–water partition coefficient (Wildman–Crippen LogP) is 7.54. The van der Waals surface area contributed by atoms with E-state index in [1.54, 1.807) is 29.1 Å². The summed E-state index contributed by atoms with van der Waals surface area (Å²) in [6.45, 7) is 12.7. The zero-order chi connectivity index (χ0) is 40.2. The standard InChI is InChI=1S/C43H45N11O4/c1-27-9-12-29(13-10-27)54-37(26-36(52-54)43(2,3)4)48-42(56)47-33-15-16-35(31-8-6-5-7-30(31)33)58-38-17-18-45-41(49-38)46-28-11-14-34-32(25-28)39(51-50-34)40(55)44-19-20-53-21-23-57-24-22-53/h5-18,25-26H,19-24H2,1-4H3,(H,44,55)(H,50,51)(H,45,46,49)(H2,47,48,56). The zero-order valence-electron chi connectivity index (χ0n) is 32.8. The Labute approximate surface area is 335 Å². The molecule has 1 fully saturated rings. The molecule has 7 aromatic rings. The van der Waals surface area contributed by atoms with Gasteiger partial charge in [-0.2, -0.15) is 15.2 Å². The Balaban J connectivity index is 0.956. The van der Waals surface area contributed by atoms with Crippen LogP contribution in [0.4, 0.5) is 27.9 Å². The first-order valence-electron chi connectivity index (χ1n) is 19.2. The van der Waals surface area contributed by atoms with Gasteiger partial charge >= 0.3 is 6.03 Å². The summed E-state index contributed by atoms with van der Waals surface area (Å²) in [4.78, 5) is 37.9. The number of anilines is 4. The van der Waals surface area contributed by atoms with Gasteiger partial charge < -0.3 is 25.4 Å². The van der Waals surface area contributed by atoms with Crippen LogP contribution in [0.25, 0.3) is 27.4 Å². The number of carbonyl (C=O) groups is 2. The molecule has 3 amide bonds.